The number of anilines is 2. The van der Waals surface area contributed by atoms with Crippen molar-refractivity contribution in [2.45, 2.75) is 6.42 Å². The highest BCUT2D eigenvalue weighted by Gasteiger charge is 2.03. The molecule has 0 aromatic heterocycles. The van der Waals surface area contributed by atoms with Gasteiger partial charge in [0.05, 0.1) is 19.6 Å². The van der Waals surface area contributed by atoms with Crippen molar-refractivity contribution in [3.8, 4) is 11.8 Å². The lowest BCUT2D eigenvalue weighted by atomic mass is 10.1. The molecule has 0 saturated heterocycles. The number of nitriles is 1. The number of urea groups is 1. The van der Waals surface area contributed by atoms with Crippen molar-refractivity contribution >= 4 is 17.4 Å². The molecule has 0 fully saturated rings. The molecule has 2 aromatic rings. The van der Waals surface area contributed by atoms with Crippen molar-refractivity contribution < 1.29 is 9.53 Å². The van der Waals surface area contributed by atoms with Gasteiger partial charge in [0.15, 0.2) is 0 Å². The maximum Gasteiger partial charge on any atom is 0.323 e. The fraction of sp³-hybridized carbons (Fsp3) is 0.125. The summed E-state index contributed by atoms with van der Waals surface area (Å²) in [7, 11) is 1.57. The quantitative estimate of drug-likeness (QED) is 0.901. The Labute approximate surface area is 123 Å². The number of carbonyl (C=O) groups excluding carboxylic acids is 1. The number of nitrogens with zero attached hydrogens (tertiary/aromatic N) is 1. The minimum atomic E-state index is -0.337. The third-order valence-corrected chi connectivity index (χ3v) is 2.82. The Balaban J connectivity index is 1.96. The molecule has 0 saturated carbocycles. The van der Waals surface area contributed by atoms with Crippen molar-refractivity contribution in [3.05, 3.63) is 54.1 Å². The van der Waals surface area contributed by atoms with Gasteiger partial charge in [0.2, 0.25) is 0 Å². The van der Waals surface area contributed by atoms with Gasteiger partial charge in [0, 0.05) is 17.4 Å². The van der Waals surface area contributed by atoms with Crippen LogP contribution in [0.3, 0.4) is 0 Å². The minimum absolute atomic E-state index is 0.337. The Bertz CT molecular complexity index is 660. The molecule has 0 spiro atoms. The molecule has 0 aliphatic rings. The molecule has 0 atom stereocenters. The van der Waals surface area contributed by atoms with Crippen LogP contribution >= 0.6 is 0 Å². The van der Waals surface area contributed by atoms with Crippen LogP contribution in [0.1, 0.15) is 5.56 Å². The number of ether oxygens (including phenoxy) is 1. The fourth-order valence-corrected chi connectivity index (χ4v) is 1.79. The van der Waals surface area contributed by atoms with E-state index in [9.17, 15) is 4.79 Å². The molecule has 0 radical (unpaired) electrons. The molecule has 0 unspecified atom stereocenters. The number of methoxy groups -OCH3 is 1. The fourth-order valence-electron chi connectivity index (χ4n) is 1.79. The largest absolute Gasteiger partial charge is 0.497 e. The molecule has 106 valence electrons. The molecule has 21 heavy (non-hydrogen) atoms. The van der Waals surface area contributed by atoms with Crippen LogP contribution in [0.5, 0.6) is 5.75 Å². The molecular weight excluding hydrogens is 266 g/mol. The van der Waals surface area contributed by atoms with E-state index in [-0.39, 0.29) is 6.03 Å². The summed E-state index contributed by atoms with van der Waals surface area (Å²) in [5, 5.41) is 14.0. The first-order valence-corrected chi connectivity index (χ1v) is 6.39. The predicted octanol–water partition coefficient (Wildman–Crippen LogP) is 3.41. The normalized spacial score (nSPS) is 9.52. The molecule has 2 aromatic carbocycles. The zero-order valence-corrected chi connectivity index (χ0v) is 11.6. The molecule has 0 aliphatic heterocycles. The van der Waals surface area contributed by atoms with E-state index in [1.165, 1.54) is 0 Å². The maximum atomic E-state index is 11.9. The molecule has 2 amide bonds. The molecule has 0 aliphatic carbocycles. The van der Waals surface area contributed by atoms with E-state index in [0.717, 1.165) is 5.56 Å². The van der Waals surface area contributed by atoms with E-state index < -0.39 is 0 Å². The van der Waals surface area contributed by atoms with E-state index in [1.807, 2.05) is 12.1 Å². The number of benzene rings is 2. The lowest BCUT2D eigenvalue weighted by Gasteiger charge is -2.09. The van der Waals surface area contributed by atoms with Gasteiger partial charge in [-0.25, -0.2) is 4.79 Å². The average Bonchev–Trinajstić information content (AvgIpc) is 2.49. The van der Waals surface area contributed by atoms with Crippen LogP contribution in [0, 0.1) is 11.3 Å². The summed E-state index contributed by atoms with van der Waals surface area (Å²) in [5.74, 6) is 0.675. The van der Waals surface area contributed by atoms with Gasteiger partial charge < -0.3 is 15.4 Å². The van der Waals surface area contributed by atoms with E-state index in [2.05, 4.69) is 16.7 Å². The van der Waals surface area contributed by atoms with Gasteiger partial charge in [-0.05, 0) is 29.8 Å². The predicted molar refractivity (Wildman–Crippen MR) is 81.4 cm³/mol. The number of rotatable bonds is 4. The summed E-state index contributed by atoms with van der Waals surface area (Å²) in [6, 6.07) is 16.0. The Hall–Kier alpha value is -3.00. The summed E-state index contributed by atoms with van der Waals surface area (Å²) >= 11 is 0. The summed E-state index contributed by atoms with van der Waals surface area (Å²) in [6.45, 7) is 0. The highest BCUT2D eigenvalue weighted by molar-refractivity contribution is 5.99. The van der Waals surface area contributed by atoms with Crippen LogP contribution in [-0.4, -0.2) is 13.1 Å². The number of hydrogen-bond acceptors (Lipinski definition) is 3. The smallest absolute Gasteiger partial charge is 0.323 e. The Morgan fingerprint density at radius 3 is 2.52 bits per heavy atom. The Morgan fingerprint density at radius 2 is 1.86 bits per heavy atom. The van der Waals surface area contributed by atoms with Gasteiger partial charge in [0.1, 0.15) is 5.75 Å². The van der Waals surface area contributed by atoms with Crippen LogP contribution in [0.4, 0.5) is 16.2 Å². The average molecular weight is 281 g/mol. The van der Waals surface area contributed by atoms with Gasteiger partial charge in [-0.3, -0.25) is 0 Å². The van der Waals surface area contributed by atoms with Crippen LogP contribution in [0.2, 0.25) is 0 Å². The molecule has 0 heterocycles. The standard InChI is InChI=1S/C16H15N3O2/c1-21-15-4-2-3-14(11-15)19-16(20)18-13-7-5-12(6-8-13)9-10-17/h2-8,11H,9H2,1H3,(H2,18,19,20). The maximum absolute atomic E-state index is 11.9. The van der Waals surface area contributed by atoms with Gasteiger partial charge >= 0.3 is 6.03 Å². The second-order valence-corrected chi connectivity index (χ2v) is 4.34. The summed E-state index contributed by atoms with van der Waals surface area (Å²) < 4.78 is 5.09. The van der Waals surface area contributed by atoms with Gasteiger partial charge in [-0.2, -0.15) is 5.26 Å². The van der Waals surface area contributed by atoms with E-state index in [1.54, 1.807) is 43.5 Å². The lowest BCUT2D eigenvalue weighted by molar-refractivity contribution is 0.262. The summed E-state index contributed by atoms with van der Waals surface area (Å²) in [4.78, 5) is 11.9. The van der Waals surface area contributed by atoms with E-state index in [4.69, 9.17) is 10.00 Å². The van der Waals surface area contributed by atoms with Crippen LogP contribution < -0.4 is 15.4 Å². The third-order valence-electron chi connectivity index (χ3n) is 2.82. The Kier molecular flexibility index (Phi) is 4.78. The second-order valence-electron chi connectivity index (χ2n) is 4.34. The monoisotopic (exact) mass is 281 g/mol. The van der Waals surface area contributed by atoms with Gasteiger partial charge in [-0.1, -0.05) is 18.2 Å². The van der Waals surface area contributed by atoms with Crippen molar-refractivity contribution in [2.75, 3.05) is 17.7 Å². The van der Waals surface area contributed by atoms with Crippen molar-refractivity contribution in [1.29, 1.82) is 5.26 Å². The molecule has 5 heteroatoms. The van der Waals surface area contributed by atoms with Crippen LogP contribution in [-0.2, 0) is 6.42 Å². The van der Waals surface area contributed by atoms with Gasteiger partial charge in [-0.15, -0.1) is 0 Å². The topological polar surface area (TPSA) is 74.2 Å². The summed E-state index contributed by atoms with van der Waals surface area (Å²) in [5.41, 5.74) is 2.22. The van der Waals surface area contributed by atoms with E-state index >= 15 is 0 Å². The number of hydrogen-bond donors (Lipinski definition) is 2. The highest BCUT2D eigenvalue weighted by atomic mass is 16.5. The lowest BCUT2D eigenvalue weighted by Crippen LogP contribution is -2.19. The van der Waals surface area contributed by atoms with E-state index in [0.29, 0.717) is 23.5 Å². The van der Waals surface area contributed by atoms with Crippen molar-refractivity contribution in [1.82, 2.24) is 0 Å². The highest BCUT2D eigenvalue weighted by Crippen LogP contribution is 2.17. The SMILES string of the molecule is COc1cccc(NC(=O)Nc2ccc(CC#N)cc2)c1. The first-order chi connectivity index (χ1) is 10.2. The third kappa shape index (κ3) is 4.25. The zero-order chi connectivity index (χ0) is 15.1. The minimum Gasteiger partial charge on any atom is -0.497 e. The first kappa shape index (κ1) is 14.4. The molecule has 2 N–H and O–H groups in total. The number of carbonyl (C=O) groups is 1. The van der Waals surface area contributed by atoms with Crippen LogP contribution in [0.15, 0.2) is 48.5 Å². The second kappa shape index (κ2) is 6.96. The molecule has 2 rings (SSSR count). The summed E-state index contributed by atoms with van der Waals surface area (Å²) in [6.07, 6.45) is 0.357. The molecule has 0 bridgehead atoms. The van der Waals surface area contributed by atoms with Gasteiger partial charge in [0.25, 0.3) is 0 Å². The van der Waals surface area contributed by atoms with Crippen molar-refractivity contribution in [3.63, 3.8) is 0 Å². The number of nitrogens with one attached hydrogen (secondary N) is 2. The Morgan fingerprint density at radius 1 is 1.14 bits per heavy atom. The molecular formula is C16H15N3O2. The van der Waals surface area contributed by atoms with Crippen molar-refractivity contribution in [2.24, 2.45) is 0 Å². The molecule has 5 nitrogen and oxygen atoms in total. The zero-order valence-electron chi connectivity index (χ0n) is 11.6. The first-order valence-electron chi connectivity index (χ1n) is 6.39. The van der Waals surface area contributed by atoms with Crippen LogP contribution in [0.25, 0.3) is 0 Å². The number of amides is 2.